The first-order valence-electron chi connectivity index (χ1n) is 2.75. The standard InChI is InChI=1S/C7H8O.H2Se2/c1-6-4-2-3-5-7(6)8;1-2/h2-5,8H,1H3;1-2H. The number of rotatable bonds is 0. The van der Waals surface area contributed by atoms with Gasteiger partial charge in [0.1, 0.15) is 5.75 Å². The maximum absolute atomic E-state index is 8.92. The van der Waals surface area contributed by atoms with Crippen LogP contribution in [0.1, 0.15) is 5.56 Å². The molecule has 0 saturated heterocycles. The summed E-state index contributed by atoms with van der Waals surface area (Å²) in [6.07, 6.45) is 0. The second kappa shape index (κ2) is 5.81. The molecule has 10 heavy (non-hydrogen) atoms. The molecular weight excluding hydrogens is 258 g/mol. The minimum atomic E-state index is 0.368. The van der Waals surface area contributed by atoms with E-state index in [1.807, 2.05) is 25.1 Å². The molecule has 56 valence electrons. The Morgan fingerprint density at radius 2 is 1.70 bits per heavy atom. The Bertz CT molecular complexity index is 168. The van der Waals surface area contributed by atoms with E-state index in [4.69, 9.17) is 5.11 Å². The van der Waals surface area contributed by atoms with E-state index in [1.54, 1.807) is 6.07 Å². The molecule has 0 unspecified atom stereocenters. The van der Waals surface area contributed by atoms with Gasteiger partial charge < -0.3 is 5.11 Å². The zero-order valence-electron chi connectivity index (χ0n) is 5.65. The Morgan fingerprint density at radius 3 is 2.00 bits per heavy atom. The molecule has 0 aliphatic carbocycles. The quantitative estimate of drug-likeness (QED) is 0.675. The molecule has 1 rings (SSSR count). The molecular formula is C7H10OSe2. The van der Waals surface area contributed by atoms with Crippen molar-refractivity contribution in [2.24, 2.45) is 0 Å². The van der Waals surface area contributed by atoms with Crippen LogP contribution in [0.4, 0.5) is 0 Å². The molecule has 0 atom stereocenters. The first kappa shape index (κ1) is 10.1. The van der Waals surface area contributed by atoms with Gasteiger partial charge in [0.25, 0.3) is 0 Å². The number of phenols is 1. The van der Waals surface area contributed by atoms with Crippen LogP contribution in [0.5, 0.6) is 5.75 Å². The van der Waals surface area contributed by atoms with Crippen LogP contribution in [-0.4, -0.2) is 33.5 Å². The van der Waals surface area contributed by atoms with Crippen LogP contribution in [0.2, 0.25) is 0 Å². The summed E-state index contributed by atoms with van der Waals surface area (Å²) >= 11 is 4.50. The zero-order chi connectivity index (χ0) is 7.98. The van der Waals surface area contributed by atoms with Gasteiger partial charge in [-0.3, -0.25) is 0 Å². The molecule has 0 heterocycles. The molecule has 0 aliphatic rings. The SMILES string of the molecule is Cc1ccccc1O.[SeH][SeH]. The van der Waals surface area contributed by atoms with Crippen LogP contribution >= 0.6 is 0 Å². The van der Waals surface area contributed by atoms with E-state index >= 15 is 0 Å². The fourth-order valence-electron chi connectivity index (χ4n) is 0.563. The summed E-state index contributed by atoms with van der Waals surface area (Å²) in [6, 6.07) is 7.25. The minimum absolute atomic E-state index is 0.368. The molecule has 0 saturated carbocycles. The Labute approximate surface area is 76.0 Å². The molecule has 1 aromatic carbocycles. The predicted octanol–water partition coefficient (Wildman–Crippen LogP) is 0.404. The van der Waals surface area contributed by atoms with Crippen molar-refractivity contribution in [1.82, 2.24) is 0 Å². The van der Waals surface area contributed by atoms with Crippen LogP contribution in [0.25, 0.3) is 0 Å². The van der Waals surface area contributed by atoms with Gasteiger partial charge in [0.15, 0.2) is 0 Å². The molecule has 0 radical (unpaired) electrons. The molecule has 0 aliphatic heterocycles. The van der Waals surface area contributed by atoms with Crippen LogP contribution in [-0.2, 0) is 0 Å². The van der Waals surface area contributed by atoms with E-state index < -0.39 is 0 Å². The van der Waals surface area contributed by atoms with Crippen molar-refractivity contribution in [3.05, 3.63) is 29.8 Å². The molecule has 1 N–H and O–H groups in total. The number of hydrogen-bond acceptors (Lipinski definition) is 1. The third-order valence-electron chi connectivity index (χ3n) is 1.12. The number of aromatic hydroxyl groups is 1. The van der Waals surface area contributed by atoms with E-state index in [0.717, 1.165) is 5.56 Å². The van der Waals surface area contributed by atoms with E-state index in [1.165, 1.54) is 0 Å². The van der Waals surface area contributed by atoms with Crippen molar-refractivity contribution in [2.45, 2.75) is 6.92 Å². The van der Waals surface area contributed by atoms with Crippen LogP contribution in [0, 0.1) is 6.92 Å². The van der Waals surface area contributed by atoms with Gasteiger partial charge in [0, 0.05) is 0 Å². The molecule has 0 aromatic heterocycles. The van der Waals surface area contributed by atoms with Gasteiger partial charge in [-0.2, -0.15) is 0 Å². The third-order valence-corrected chi connectivity index (χ3v) is 1.12. The summed E-state index contributed by atoms with van der Waals surface area (Å²) in [7, 11) is 0. The summed E-state index contributed by atoms with van der Waals surface area (Å²) in [4.78, 5) is 0. The maximum atomic E-state index is 8.92. The van der Waals surface area contributed by atoms with Gasteiger partial charge in [-0.05, 0) is 18.6 Å². The fourth-order valence-corrected chi connectivity index (χ4v) is 0.563. The van der Waals surface area contributed by atoms with Crippen LogP contribution < -0.4 is 0 Å². The fraction of sp³-hybridized carbons (Fsp3) is 0.143. The van der Waals surface area contributed by atoms with Gasteiger partial charge in [-0.15, -0.1) is 0 Å². The molecule has 1 nitrogen and oxygen atoms in total. The normalized spacial score (nSPS) is 7.90. The average molecular weight is 268 g/mol. The number of para-hydroxylation sites is 1. The van der Waals surface area contributed by atoms with E-state index in [2.05, 4.69) is 28.4 Å². The van der Waals surface area contributed by atoms with Gasteiger partial charge in [0.2, 0.25) is 0 Å². The van der Waals surface area contributed by atoms with Crippen molar-refractivity contribution in [2.75, 3.05) is 0 Å². The second-order valence-electron chi connectivity index (χ2n) is 1.79. The second-order valence-corrected chi connectivity index (χ2v) is 1.79. The third kappa shape index (κ3) is 3.28. The Hall–Kier alpha value is 0.0590. The average Bonchev–Trinajstić information content (AvgIpc) is 2.00. The number of aryl methyl sites for hydroxylation is 1. The molecule has 3 heteroatoms. The van der Waals surface area contributed by atoms with Gasteiger partial charge >= 0.3 is 28.4 Å². The van der Waals surface area contributed by atoms with E-state index in [0.29, 0.717) is 5.75 Å². The predicted molar refractivity (Wildman–Crippen MR) is 47.1 cm³/mol. The van der Waals surface area contributed by atoms with Crippen molar-refractivity contribution in [3.8, 4) is 5.75 Å². The zero-order valence-corrected chi connectivity index (χ0v) is 9.40. The van der Waals surface area contributed by atoms with Gasteiger partial charge in [0.05, 0.1) is 0 Å². The summed E-state index contributed by atoms with van der Waals surface area (Å²) in [5.41, 5.74) is 0.924. The number of hydrogen-bond donors (Lipinski definition) is 1. The molecule has 0 fully saturated rings. The molecule has 1 aromatic rings. The first-order valence-corrected chi connectivity index (χ1v) is 7.95. The molecule has 0 bridgehead atoms. The summed E-state index contributed by atoms with van der Waals surface area (Å²) in [5, 5.41) is 8.92. The summed E-state index contributed by atoms with van der Waals surface area (Å²) in [5.74, 6) is 0.368. The van der Waals surface area contributed by atoms with Crippen LogP contribution in [0.3, 0.4) is 0 Å². The van der Waals surface area contributed by atoms with Crippen molar-refractivity contribution in [3.63, 3.8) is 0 Å². The van der Waals surface area contributed by atoms with Gasteiger partial charge in [-0.25, -0.2) is 0 Å². The summed E-state index contributed by atoms with van der Waals surface area (Å²) in [6.45, 7) is 1.87. The number of phenolic OH excluding ortho intramolecular Hbond substituents is 1. The van der Waals surface area contributed by atoms with Crippen molar-refractivity contribution < 1.29 is 5.11 Å². The first-order chi connectivity index (χ1) is 4.80. The van der Waals surface area contributed by atoms with Gasteiger partial charge in [-0.1, -0.05) is 18.2 Å². The molecule has 0 spiro atoms. The van der Waals surface area contributed by atoms with E-state index in [9.17, 15) is 0 Å². The number of benzene rings is 1. The van der Waals surface area contributed by atoms with Crippen LogP contribution in [0.15, 0.2) is 24.3 Å². The Morgan fingerprint density at radius 1 is 1.20 bits per heavy atom. The van der Waals surface area contributed by atoms with Crippen molar-refractivity contribution in [1.29, 1.82) is 0 Å². The van der Waals surface area contributed by atoms with E-state index in [-0.39, 0.29) is 0 Å². The Kier molecular flexibility index (Phi) is 5.85. The Balaban J connectivity index is 0.000000371. The van der Waals surface area contributed by atoms with Crippen molar-refractivity contribution >= 4 is 28.4 Å². The monoisotopic (exact) mass is 270 g/mol. The molecule has 0 amide bonds. The topological polar surface area (TPSA) is 20.2 Å². The summed E-state index contributed by atoms with van der Waals surface area (Å²) < 4.78 is 0.